The minimum absolute atomic E-state index is 0.120. The lowest BCUT2D eigenvalue weighted by Crippen LogP contribution is -2.44. The van der Waals surface area contributed by atoms with Crippen molar-refractivity contribution >= 4 is 28.7 Å². The molecule has 1 fully saturated rings. The highest BCUT2D eigenvalue weighted by molar-refractivity contribution is 7.00. The fraction of sp³-hybridized carbons (Fsp3) is 0.500. The van der Waals surface area contributed by atoms with Crippen molar-refractivity contribution in [3.8, 4) is 0 Å². The zero-order valence-electron chi connectivity index (χ0n) is 11.9. The number of ether oxygens (including phenoxy) is 1. The Morgan fingerprint density at radius 2 is 2.33 bits per heavy atom. The van der Waals surface area contributed by atoms with Gasteiger partial charge < -0.3 is 15.0 Å². The summed E-state index contributed by atoms with van der Waals surface area (Å²) in [6, 6.07) is 6.06. The number of amides is 1. The van der Waals surface area contributed by atoms with Gasteiger partial charge >= 0.3 is 0 Å². The first-order valence-electron chi connectivity index (χ1n) is 6.98. The maximum Gasteiger partial charge on any atom is 0.224 e. The van der Waals surface area contributed by atoms with Crippen molar-refractivity contribution in [1.29, 1.82) is 0 Å². The van der Waals surface area contributed by atoms with Gasteiger partial charge in [0.25, 0.3) is 0 Å². The second-order valence-electron chi connectivity index (χ2n) is 5.27. The molecule has 1 aliphatic heterocycles. The standard InChI is InChI=1S/C14H18N4O2S/c1-18(14(19)7-11-9-20-5-4-15-11)8-10-2-3-12-13(6-10)17-21-16-12/h2-3,6,11,15H,4-5,7-9H2,1H3/t11-/m1/s1. The molecule has 0 bridgehead atoms. The summed E-state index contributed by atoms with van der Waals surface area (Å²) in [5.74, 6) is 0.120. The molecule has 0 radical (unpaired) electrons. The topological polar surface area (TPSA) is 67.4 Å². The number of morpholine rings is 1. The molecule has 0 spiro atoms. The summed E-state index contributed by atoms with van der Waals surface area (Å²) in [4.78, 5) is 14.0. The highest BCUT2D eigenvalue weighted by atomic mass is 32.1. The second kappa shape index (κ2) is 6.46. The largest absolute Gasteiger partial charge is 0.378 e. The van der Waals surface area contributed by atoms with E-state index >= 15 is 0 Å². The van der Waals surface area contributed by atoms with Crippen LogP contribution in [0.15, 0.2) is 18.2 Å². The molecule has 2 heterocycles. The monoisotopic (exact) mass is 306 g/mol. The van der Waals surface area contributed by atoms with E-state index in [1.807, 2.05) is 25.2 Å². The Morgan fingerprint density at radius 3 is 3.14 bits per heavy atom. The van der Waals surface area contributed by atoms with Crippen molar-refractivity contribution in [3.63, 3.8) is 0 Å². The molecular weight excluding hydrogens is 288 g/mol. The molecule has 1 N–H and O–H groups in total. The summed E-state index contributed by atoms with van der Waals surface area (Å²) in [5, 5.41) is 3.30. The van der Waals surface area contributed by atoms with Gasteiger partial charge in [-0.2, -0.15) is 8.75 Å². The molecule has 1 aromatic heterocycles. The molecule has 1 aliphatic rings. The quantitative estimate of drug-likeness (QED) is 0.914. The van der Waals surface area contributed by atoms with Crippen molar-refractivity contribution in [2.45, 2.75) is 19.0 Å². The number of hydrogen-bond acceptors (Lipinski definition) is 6. The van der Waals surface area contributed by atoms with Crippen molar-refractivity contribution in [2.24, 2.45) is 0 Å². The van der Waals surface area contributed by atoms with Crippen LogP contribution in [0.1, 0.15) is 12.0 Å². The summed E-state index contributed by atoms with van der Waals surface area (Å²) in [7, 11) is 1.83. The van der Waals surface area contributed by atoms with E-state index in [1.165, 1.54) is 11.7 Å². The Bertz CT molecular complexity index is 624. The van der Waals surface area contributed by atoms with Gasteiger partial charge in [0.15, 0.2) is 0 Å². The van der Waals surface area contributed by atoms with Gasteiger partial charge in [-0.15, -0.1) is 0 Å². The van der Waals surface area contributed by atoms with Gasteiger partial charge in [0.05, 0.1) is 24.9 Å². The van der Waals surface area contributed by atoms with Gasteiger partial charge in [-0.1, -0.05) is 6.07 Å². The maximum atomic E-state index is 12.2. The number of nitrogens with one attached hydrogen (secondary N) is 1. The number of rotatable bonds is 4. The van der Waals surface area contributed by atoms with Crippen LogP contribution in [0.25, 0.3) is 11.0 Å². The number of benzene rings is 1. The molecule has 21 heavy (non-hydrogen) atoms. The lowest BCUT2D eigenvalue weighted by Gasteiger charge is -2.25. The molecule has 1 amide bonds. The van der Waals surface area contributed by atoms with Gasteiger partial charge in [-0.05, 0) is 17.7 Å². The van der Waals surface area contributed by atoms with E-state index in [2.05, 4.69) is 14.1 Å². The fourth-order valence-electron chi connectivity index (χ4n) is 2.41. The zero-order chi connectivity index (χ0) is 14.7. The average molecular weight is 306 g/mol. The minimum atomic E-state index is 0.120. The third-order valence-electron chi connectivity index (χ3n) is 3.58. The van der Waals surface area contributed by atoms with E-state index in [0.29, 0.717) is 19.6 Å². The van der Waals surface area contributed by atoms with Gasteiger partial charge in [0.2, 0.25) is 5.91 Å². The molecule has 7 heteroatoms. The first-order valence-corrected chi connectivity index (χ1v) is 7.72. The van der Waals surface area contributed by atoms with Gasteiger partial charge in [-0.25, -0.2) is 0 Å². The number of hydrogen-bond donors (Lipinski definition) is 1. The van der Waals surface area contributed by atoms with E-state index in [-0.39, 0.29) is 11.9 Å². The number of carbonyl (C=O) groups excluding carboxylic acids is 1. The SMILES string of the molecule is CN(Cc1ccc2nsnc2c1)C(=O)C[C@@H]1COCCN1. The van der Waals surface area contributed by atoms with E-state index in [4.69, 9.17) is 4.74 Å². The summed E-state index contributed by atoms with van der Waals surface area (Å²) in [5.41, 5.74) is 2.86. The van der Waals surface area contributed by atoms with E-state index in [9.17, 15) is 4.79 Å². The van der Waals surface area contributed by atoms with Crippen molar-refractivity contribution in [2.75, 3.05) is 26.8 Å². The molecule has 0 saturated carbocycles. The molecule has 1 atom stereocenters. The third-order valence-corrected chi connectivity index (χ3v) is 4.14. The normalized spacial score (nSPS) is 18.8. The van der Waals surface area contributed by atoms with Crippen LogP contribution in [0.4, 0.5) is 0 Å². The Balaban J connectivity index is 1.59. The molecule has 112 valence electrons. The molecular formula is C14H18N4O2S. The van der Waals surface area contributed by atoms with Crippen molar-refractivity contribution < 1.29 is 9.53 Å². The Labute approximate surface area is 127 Å². The number of aromatic nitrogens is 2. The van der Waals surface area contributed by atoms with Gasteiger partial charge in [-0.3, -0.25) is 4.79 Å². The molecule has 1 saturated heterocycles. The minimum Gasteiger partial charge on any atom is -0.378 e. The van der Waals surface area contributed by atoms with Crippen LogP contribution in [0.5, 0.6) is 0 Å². The maximum absolute atomic E-state index is 12.2. The molecule has 1 aromatic carbocycles. The highest BCUT2D eigenvalue weighted by Crippen LogP contribution is 2.15. The Kier molecular flexibility index (Phi) is 4.42. The lowest BCUT2D eigenvalue weighted by molar-refractivity contribution is -0.131. The number of carbonyl (C=O) groups is 1. The van der Waals surface area contributed by atoms with Crippen LogP contribution in [-0.2, 0) is 16.1 Å². The zero-order valence-corrected chi connectivity index (χ0v) is 12.7. The fourth-order valence-corrected chi connectivity index (χ4v) is 2.92. The predicted molar refractivity (Wildman–Crippen MR) is 81.1 cm³/mol. The third kappa shape index (κ3) is 3.55. The van der Waals surface area contributed by atoms with Gasteiger partial charge in [0.1, 0.15) is 11.0 Å². The van der Waals surface area contributed by atoms with E-state index < -0.39 is 0 Å². The van der Waals surface area contributed by atoms with E-state index in [1.54, 1.807) is 4.90 Å². The molecule has 0 aliphatic carbocycles. The Morgan fingerprint density at radius 1 is 1.48 bits per heavy atom. The molecule has 6 nitrogen and oxygen atoms in total. The average Bonchev–Trinajstić information content (AvgIpc) is 2.95. The van der Waals surface area contributed by atoms with Crippen molar-refractivity contribution in [1.82, 2.24) is 19.0 Å². The first kappa shape index (κ1) is 14.4. The van der Waals surface area contributed by atoms with Gasteiger partial charge in [0, 0.05) is 32.6 Å². The van der Waals surface area contributed by atoms with Crippen LogP contribution in [-0.4, -0.2) is 52.4 Å². The van der Waals surface area contributed by atoms with Crippen LogP contribution in [0, 0.1) is 0 Å². The first-order chi connectivity index (χ1) is 10.2. The lowest BCUT2D eigenvalue weighted by atomic mass is 10.1. The smallest absolute Gasteiger partial charge is 0.224 e. The highest BCUT2D eigenvalue weighted by Gasteiger charge is 2.19. The molecule has 3 rings (SSSR count). The molecule has 0 unspecified atom stereocenters. The predicted octanol–water partition coefficient (Wildman–Crippen LogP) is 1.03. The van der Waals surface area contributed by atoms with Crippen LogP contribution in [0.2, 0.25) is 0 Å². The van der Waals surface area contributed by atoms with Crippen LogP contribution in [0.3, 0.4) is 0 Å². The summed E-state index contributed by atoms with van der Waals surface area (Å²) in [6.45, 7) is 2.73. The van der Waals surface area contributed by atoms with Crippen LogP contribution < -0.4 is 5.32 Å². The summed E-state index contributed by atoms with van der Waals surface area (Å²) in [6.07, 6.45) is 0.469. The Hall–Kier alpha value is -1.57. The number of fused-ring (bicyclic) bond motifs is 1. The summed E-state index contributed by atoms with van der Waals surface area (Å²) < 4.78 is 13.8. The van der Waals surface area contributed by atoms with E-state index in [0.717, 1.165) is 29.7 Å². The summed E-state index contributed by atoms with van der Waals surface area (Å²) >= 11 is 1.21. The molecule has 2 aromatic rings. The number of nitrogens with zero attached hydrogens (tertiary/aromatic N) is 3. The van der Waals surface area contributed by atoms with Crippen molar-refractivity contribution in [3.05, 3.63) is 23.8 Å². The second-order valence-corrected chi connectivity index (χ2v) is 5.80. The van der Waals surface area contributed by atoms with Crippen LogP contribution >= 0.6 is 11.7 Å².